The number of benzene rings is 2. The summed E-state index contributed by atoms with van der Waals surface area (Å²) in [5.74, 6) is 1.44. The molecule has 0 aliphatic heterocycles. The number of carbonyl (C=O) groups is 1. The van der Waals surface area contributed by atoms with E-state index in [1.807, 2.05) is 72.4 Å². The summed E-state index contributed by atoms with van der Waals surface area (Å²) in [6.45, 7) is 0.520. The topological polar surface area (TPSA) is 59.4 Å². The van der Waals surface area contributed by atoms with Crippen molar-refractivity contribution in [3.63, 3.8) is 0 Å². The average Bonchev–Trinajstić information content (AvgIpc) is 3.12. The molecule has 0 aliphatic rings. The summed E-state index contributed by atoms with van der Waals surface area (Å²) in [5, 5.41) is 3.09. The maximum absolute atomic E-state index is 12.9. The number of nitrogens with zero attached hydrogens (tertiary/aromatic N) is 3. The van der Waals surface area contributed by atoms with Gasteiger partial charge in [0.25, 0.3) is 0 Å². The predicted octanol–water partition coefficient (Wildman–Crippen LogP) is 3.36. The number of methoxy groups -OCH3 is 1. The highest BCUT2D eigenvalue weighted by atomic mass is 16.5. The molecule has 0 aliphatic carbocycles. The number of amides is 2. The van der Waals surface area contributed by atoms with E-state index >= 15 is 0 Å². The van der Waals surface area contributed by atoms with Gasteiger partial charge in [0.1, 0.15) is 17.6 Å². The van der Waals surface area contributed by atoms with Crippen LogP contribution in [0.1, 0.15) is 23.0 Å². The van der Waals surface area contributed by atoms with Gasteiger partial charge in [-0.15, -0.1) is 0 Å². The summed E-state index contributed by atoms with van der Waals surface area (Å²) < 4.78 is 7.40. The van der Waals surface area contributed by atoms with E-state index in [9.17, 15) is 4.79 Å². The summed E-state index contributed by atoms with van der Waals surface area (Å²) >= 11 is 0. The van der Waals surface area contributed by atoms with Crippen LogP contribution in [0.15, 0.2) is 67.0 Å². The van der Waals surface area contributed by atoms with Gasteiger partial charge in [0.15, 0.2) is 0 Å². The van der Waals surface area contributed by atoms with Gasteiger partial charge in [0, 0.05) is 38.6 Å². The fourth-order valence-electron chi connectivity index (χ4n) is 3.00. The summed E-state index contributed by atoms with van der Waals surface area (Å²) in [6, 6.07) is 16.9. The molecule has 1 atom stereocenters. The minimum absolute atomic E-state index is 0.183. The predicted molar refractivity (Wildman–Crippen MR) is 104 cm³/mol. The van der Waals surface area contributed by atoms with Crippen molar-refractivity contribution in [1.82, 2.24) is 19.8 Å². The average molecular weight is 364 g/mol. The number of rotatable bonds is 6. The zero-order chi connectivity index (χ0) is 19.2. The van der Waals surface area contributed by atoms with Crippen LogP contribution in [0.3, 0.4) is 0 Å². The second-order valence-electron chi connectivity index (χ2n) is 6.36. The first-order valence-corrected chi connectivity index (χ1v) is 8.76. The Bertz CT molecular complexity index is 892. The first kappa shape index (κ1) is 18.5. The van der Waals surface area contributed by atoms with Crippen LogP contribution in [-0.2, 0) is 13.6 Å². The Morgan fingerprint density at radius 1 is 1.19 bits per heavy atom. The number of urea groups is 1. The van der Waals surface area contributed by atoms with Crippen LogP contribution < -0.4 is 10.1 Å². The van der Waals surface area contributed by atoms with Crippen LogP contribution in [0.2, 0.25) is 0 Å². The Kier molecular flexibility index (Phi) is 5.76. The molecule has 0 spiro atoms. The molecule has 1 aromatic heterocycles. The SMILES string of the molecule is COc1ccccc1C(NC(=O)N(C)Cc1ccccc1)c1nccn1C. The van der Waals surface area contributed by atoms with Crippen LogP contribution >= 0.6 is 0 Å². The number of para-hydroxylation sites is 1. The number of imidazole rings is 1. The van der Waals surface area contributed by atoms with Crippen LogP contribution in [-0.4, -0.2) is 34.6 Å². The normalized spacial score (nSPS) is 11.7. The van der Waals surface area contributed by atoms with Gasteiger partial charge in [0.05, 0.1) is 7.11 Å². The maximum atomic E-state index is 12.9. The summed E-state index contributed by atoms with van der Waals surface area (Å²) in [4.78, 5) is 19.0. The molecule has 6 heteroatoms. The van der Waals surface area contributed by atoms with Crippen LogP contribution in [0.25, 0.3) is 0 Å². The smallest absolute Gasteiger partial charge is 0.318 e. The molecule has 27 heavy (non-hydrogen) atoms. The van der Waals surface area contributed by atoms with Crippen molar-refractivity contribution in [3.05, 3.63) is 83.9 Å². The van der Waals surface area contributed by atoms with Crippen LogP contribution in [0.5, 0.6) is 5.75 Å². The Morgan fingerprint density at radius 3 is 2.56 bits per heavy atom. The van der Waals surface area contributed by atoms with Crippen LogP contribution in [0, 0.1) is 0 Å². The molecule has 2 amide bonds. The number of ether oxygens (including phenoxy) is 1. The molecule has 6 nitrogen and oxygen atoms in total. The van der Waals surface area contributed by atoms with Crippen molar-refractivity contribution >= 4 is 6.03 Å². The maximum Gasteiger partial charge on any atom is 0.318 e. The van der Waals surface area contributed by atoms with Crippen molar-refractivity contribution in [2.24, 2.45) is 7.05 Å². The molecule has 140 valence electrons. The number of aromatic nitrogens is 2. The number of carbonyl (C=O) groups excluding carboxylic acids is 1. The van der Waals surface area contributed by atoms with E-state index in [0.29, 0.717) is 12.3 Å². The Morgan fingerprint density at radius 2 is 1.89 bits per heavy atom. The third-order valence-corrected chi connectivity index (χ3v) is 4.44. The van der Waals surface area contributed by atoms with Crippen molar-refractivity contribution in [1.29, 1.82) is 0 Å². The van der Waals surface area contributed by atoms with E-state index in [-0.39, 0.29) is 6.03 Å². The molecule has 1 unspecified atom stereocenters. The molecule has 3 rings (SSSR count). The van der Waals surface area contributed by atoms with Crippen molar-refractivity contribution in [3.8, 4) is 5.75 Å². The van der Waals surface area contributed by atoms with Gasteiger partial charge >= 0.3 is 6.03 Å². The van der Waals surface area contributed by atoms with Crippen molar-refractivity contribution in [2.75, 3.05) is 14.2 Å². The zero-order valence-electron chi connectivity index (χ0n) is 15.8. The molecular formula is C21H24N4O2. The highest BCUT2D eigenvalue weighted by Crippen LogP contribution is 2.29. The van der Waals surface area contributed by atoms with E-state index in [0.717, 1.165) is 17.0 Å². The number of nitrogens with one attached hydrogen (secondary N) is 1. The lowest BCUT2D eigenvalue weighted by atomic mass is 10.0. The van der Waals surface area contributed by atoms with Gasteiger partial charge in [-0.25, -0.2) is 9.78 Å². The molecule has 1 heterocycles. The van der Waals surface area contributed by atoms with Gasteiger partial charge in [-0.2, -0.15) is 0 Å². The standard InChI is InChI=1S/C21H24N4O2/c1-24-14-13-22-20(24)19(17-11-7-8-12-18(17)27-3)23-21(26)25(2)15-16-9-5-4-6-10-16/h4-14,19H,15H2,1-3H3,(H,23,26). The molecule has 0 saturated heterocycles. The second kappa shape index (κ2) is 8.40. The first-order valence-electron chi connectivity index (χ1n) is 8.76. The minimum atomic E-state index is -0.424. The van der Waals surface area contributed by atoms with E-state index in [2.05, 4.69) is 10.3 Å². The van der Waals surface area contributed by atoms with Gasteiger partial charge < -0.3 is 19.5 Å². The van der Waals surface area contributed by atoms with E-state index in [1.54, 1.807) is 25.3 Å². The largest absolute Gasteiger partial charge is 0.496 e. The van der Waals surface area contributed by atoms with Crippen molar-refractivity contribution in [2.45, 2.75) is 12.6 Å². The van der Waals surface area contributed by atoms with E-state index in [1.165, 1.54) is 0 Å². The quantitative estimate of drug-likeness (QED) is 0.730. The summed E-state index contributed by atoms with van der Waals surface area (Å²) in [5.41, 5.74) is 1.93. The number of aryl methyl sites for hydroxylation is 1. The van der Waals surface area contributed by atoms with Gasteiger partial charge in [-0.1, -0.05) is 48.5 Å². The molecule has 0 saturated carbocycles. The highest BCUT2D eigenvalue weighted by Gasteiger charge is 2.25. The van der Waals surface area contributed by atoms with Gasteiger partial charge in [-0.05, 0) is 11.6 Å². The third-order valence-electron chi connectivity index (χ3n) is 4.44. The summed E-state index contributed by atoms with van der Waals surface area (Å²) in [7, 11) is 5.31. The van der Waals surface area contributed by atoms with Crippen molar-refractivity contribution < 1.29 is 9.53 Å². The second-order valence-corrected chi connectivity index (χ2v) is 6.36. The molecule has 0 bridgehead atoms. The lowest BCUT2D eigenvalue weighted by Gasteiger charge is -2.25. The summed E-state index contributed by atoms with van der Waals surface area (Å²) in [6.07, 6.45) is 3.58. The molecule has 0 radical (unpaired) electrons. The Labute approximate surface area is 159 Å². The number of hydrogen-bond donors (Lipinski definition) is 1. The number of hydrogen-bond acceptors (Lipinski definition) is 3. The molecular weight excluding hydrogens is 340 g/mol. The highest BCUT2D eigenvalue weighted by molar-refractivity contribution is 5.75. The molecule has 0 fully saturated rings. The minimum Gasteiger partial charge on any atom is -0.496 e. The zero-order valence-corrected chi connectivity index (χ0v) is 15.8. The fraction of sp³-hybridized carbons (Fsp3) is 0.238. The van der Waals surface area contributed by atoms with Gasteiger partial charge in [-0.3, -0.25) is 0 Å². The Balaban J connectivity index is 1.85. The third kappa shape index (κ3) is 4.28. The lowest BCUT2D eigenvalue weighted by molar-refractivity contribution is 0.203. The first-order chi connectivity index (χ1) is 13.1. The lowest BCUT2D eigenvalue weighted by Crippen LogP contribution is -2.40. The molecule has 1 N–H and O–H groups in total. The van der Waals surface area contributed by atoms with Crippen LogP contribution in [0.4, 0.5) is 4.79 Å². The van der Waals surface area contributed by atoms with Gasteiger partial charge in [0.2, 0.25) is 0 Å². The molecule has 3 aromatic rings. The molecule has 2 aromatic carbocycles. The van der Waals surface area contributed by atoms with E-state index < -0.39 is 6.04 Å². The monoisotopic (exact) mass is 364 g/mol. The fourth-order valence-corrected chi connectivity index (χ4v) is 3.00. The Hall–Kier alpha value is -3.28. The van der Waals surface area contributed by atoms with E-state index in [4.69, 9.17) is 4.74 Å².